The number of nitrogens with zero attached hydrogens (tertiary/aromatic N) is 1. The third kappa shape index (κ3) is 5.33. The maximum Gasteiger partial charge on any atom is 0.389 e. The predicted molar refractivity (Wildman–Crippen MR) is 63.5 cm³/mol. The van der Waals surface area contributed by atoms with Crippen LogP contribution in [-0.4, -0.2) is 10.9 Å². The summed E-state index contributed by atoms with van der Waals surface area (Å²) in [6.45, 7) is 5.51. The van der Waals surface area contributed by atoms with Crippen molar-refractivity contribution < 1.29 is 14.5 Å². The van der Waals surface area contributed by atoms with Crippen LogP contribution in [0.2, 0.25) is 0 Å². The zero-order valence-electron chi connectivity index (χ0n) is 9.89. The SMILES string of the molecule is CC.CC#CC(=O)Oc1ccc([N+](=O)[O-])cc1. The van der Waals surface area contributed by atoms with Crippen LogP contribution in [0.5, 0.6) is 5.75 Å². The number of rotatable bonds is 2. The summed E-state index contributed by atoms with van der Waals surface area (Å²) >= 11 is 0. The van der Waals surface area contributed by atoms with Gasteiger partial charge in [-0.2, -0.15) is 0 Å². The number of hydrogen-bond acceptors (Lipinski definition) is 4. The minimum absolute atomic E-state index is 0.0589. The Morgan fingerprint density at radius 2 is 1.82 bits per heavy atom. The normalized spacial score (nSPS) is 7.94. The van der Waals surface area contributed by atoms with Crippen molar-refractivity contribution in [1.82, 2.24) is 0 Å². The van der Waals surface area contributed by atoms with Crippen LogP contribution in [0.15, 0.2) is 24.3 Å². The Bertz CT molecular complexity index is 440. The molecule has 0 bridgehead atoms. The monoisotopic (exact) mass is 235 g/mol. The van der Waals surface area contributed by atoms with Gasteiger partial charge in [0.1, 0.15) is 5.75 Å². The molecule has 0 aliphatic rings. The first kappa shape index (κ1) is 14.6. The molecule has 0 atom stereocenters. The number of ether oxygens (including phenoxy) is 1. The van der Waals surface area contributed by atoms with Crippen molar-refractivity contribution >= 4 is 11.7 Å². The highest BCUT2D eigenvalue weighted by Crippen LogP contribution is 2.17. The molecule has 0 spiro atoms. The molecular formula is C12H13NO4. The van der Waals surface area contributed by atoms with Crippen LogP contribution < -0.4 is 4.74 Å². The number of benzene rings is 1. The Hall–Kier alpha value is -2.35. The Labute approximate surface area is 99.6 Å². The van der Waals surface area contributed by atoms with Crippen molar-refractivity contribution in [2.45, 2.75) is 20.8 Å². The summed E-state index contributed by atoms with van der Waals surface area (Å²) in [6.07, 6.45) is 0. The summed E-state index contributed by atoms with van der Waals surface area (Å²) in [7, 11) is 0. The fourth-order valence-corrected chi connectivity index (χ4v) is 0.871. The van der Waals surface area contributed by atoms with Crippen molar-refractivity contribution in [3.63, 3.8) is 0 Å². The predicted octanol–water partition coefficient (Wildman–Crippen LogP) is 2.55. The molecule has 1 aromatic rings. The van der Waals surface area contributed by atoms with Gasteiger partial charge in [-0.05, 0) is 19.1 Å². The molecule has 5 heteroatoms. The molecule has 5 nitrogen and oxygen atoms in total. The number of esters is 1. The van der Waals surface area contributed by atoms with Gasteiger partial charge in [-0.1, -0.05) is 19.8 Å². The topological polar surface area (TPSA) is 69.4 Å². The molecule has 1 aromatic carbocycles. The smallest absolute Gasteiger partial charge is 0.389 e. The first-order valence-corrected chi connectivity index (χ1v) is 5.02. The molecule has 0 N–H and O–H groups in total. The van der Waals surface area contributed by atoms with E-state index < -0.39 is 10.9 Å². The van der Waals surface area contributed by atoms with E-state index in [1.165, 1.54) is 31.2 Å². The summed E-state index contributed by atoms with van der Waals surface area (Å²) in [5.41, 5.74) is -0.0589. The highest BCUT2D eigenvalue weighted by Gasteiger charge is 2.05. The molecule has 0 heterocycles. The quantitative estimate of drug-likeness (QED) is 0.197. The van der Waals surface area contributed by atoms with Crippen LogP contribution in [0, 0.1) is 22.0 Å². The van der Waals surface area contributed by atoms with E-state index in [2.05, 4.69) is 11.8 Å². The molecule has 17 heavy (non-hydrogen) atoms. The second kappa shape index (κ2) is 7.88. The van der Waals surface area contributed by atoms with Gasteiger partial charge in [-0.15, -0.1) is 0 Å². The maximum atomic E-state index is 10.9. The van der Waals surface area contributed by atoms with Crippen molar-refractivity contribution in [1.29, 1.82) is 0 Å². The lowest BCUT2D eigenvalue weighted by atomic mass is 10.3. The number of carbonyl (C=O) groups excluding carboxylic acids is 1. The van der Waals surface area contributed by atoms with Crippen molar-refractivity contribution in [3.8, 4) is 17.6 Å². The number of carbonyl (C=O) groups is 1. The summed E-state index contributed by atoms with van der Waals surface area (Å²) in [6, 6.07) is 5.19. The van der Waals surface area contributed by atoms with Gasteiger partial charge in [0.25, 0.3) is 5.69 Å². The van der Waals surface area contributed by atoms with Crippen LogP contribution in [0.4, 0.5) is 5.69 Å². The standard InChI is InChI=1S/C10H7NO4.C2H6/c1-2-3-10(12)15-9-6-4-8(5-7-9)11(13)14;1-2/h4-7H,1H3;1-2H3. The lowest BCUT2D eigenvalue weighted by Gasteiger charge is -1.98. The van der Waals surface area contributed by atoms with E-state index in [9.17, 15) is 14.9 Å². The van der Waals surface area contributed by atoms with E-state index >= 15 is 0 Å². The van der Waals surface area contributed by atoms with Crippen LogP contribution in [0.25, 0.3) is 0 Å². The van der Waals surface area contributed by atoms with E-state index in [0.29, 0.717) is 0 Å². The second-order valence-corrected chi connectivity index (χ2v) is 2.52. The third-order valence-electron chi connectivity index (χ3n) is 1.49. The van der Waals surface area contributed by atoms with Gasteiger partial charge in [0, 0.05) is 18.1 Å². The van der Waals surface area contributed by atoms with Gasteiger partial charge in [0.15, 0.2) is 0 Å². The molecule has 0 radical (unpaired) electrons. The molecule has 0 saturated carbocycles. The number of non-ortho nitro benzene ring substituents is 1. The average Bonchev–Trinajstić information content (AvgIpc) is 2.32. The fourth-order valence-electron chi connectivity index (χ4n) is 0.871. The zero-order valence-corrected chi connectivity index (χ0v) is 9.89. The molecule has 0 aromatic heterocycles. The molecule has 0 saturated heterocycles. The second-order valence-electron chi connectivity index (χ2n) is 2.52. The molecule has 90 valence electrons. The number of hydrogen-bond donors (Lipinski definition) is 0. The van der Waals surface area contributed by atoms with Crippen LogP contribution in [0.3, 0.4) is 0 Å². The molecular weight excluding hydrogens is 222 g/mol. The first-order valence-electron chi connectivity index (χ1n) is 5.02. The van der Waals surface area contributed by atoms with E-state index in [1.807, 2.05) is 13.8 Å². The van der Waals surface area contributed by atoms with Crippen molar-refractivity contribution in [2.24, 2.45) is 0 Å². The van der Waals surface area contributed by atoms with Crippen LogP contribution in [-0.2, 0) is 4.79 Å². The van der Waals surface area contributed by atoms with E-state index in [1.54, 1.807) is 0 Å². The molecule has 0 amide bonds. The molecule has 0 fully saturated rings. The summed E-state index contributed by atoms with van der Waals surface area (Å²) in [4.78, 5) is 20.7. The van der Waals surface area contributed by atoms with E-state index in [4.69, 9.17) is 4.74 Å². The van der Waals surface area contributed by atoms with Gasteiger partial charge in [0.05, 0.1) is 4.92 Å². The third-order valence-corrected chi connectivity index (χ3v) is 1.49. The van der Waals surface area contributed by atoms with E-state index in [-0.39, 0.29) is 11.4 Å². The number of nitro groups is 1. The van der Waals surface area contributed by atoms with Crippen LogP contribution in [0.1, 0.15) is 20.8 Å². The summed E-state index contributed by atoms with van der Waals surface area (Å²) in [5, 5.41) is 10.3. The highest BCUT2D eigenvalue weighted by molar-refractivity contribution is 5.90. The highest BCUT2D eigenvalue weighted by atomic mass is 16.6. The Kier molecular flexibility index (Phi) is 6.79. The van der Waals surface area contributed by atoms with Crippen molar-refractivity contribution in [2.75, 3.05) is 0 Å². The van der Waals surface area contributed by atoms with Gasteiger partial charge < -0.3 is 4.74 Å². The lowest BCUT2D eigenvalue weighted by Crippen LogP contribution is -2.04. The Balaban J connectivity index is 0.00000121. The Morgan fingerprint density at radius 1 is 1.29 bits per heavy atom. The summed E-state index contributed by atoms with van der Waals surface area (Å²) in [5.74, 6) is 4.11. The van der Waals surface area contributed by atoms with Gasteiger partial charge in [-0.25, -0.2) is 4.79 Å². The minimum Gasteiger partial charge on any atom is -0.417 e. The largest absolute Gasteiger partial charge is 0.417 e. The van der Waals surface area contributed by atoms with Crippen LogP contribution >= 0.6 is 0 Å². The zero-order chi connectivity index (χ0) is 13.3. The van der Waals surface area contributed by atoms with Crippen molar-refractivity contribution in [3.05, 3.63) is 34.4 Å². The average molecular weight is 235 g/mol. The minimum atomic E-state index is -0.689. The molecule has 0 aliphatic carbocycles. The fraction of sp³-hybridized carbons (Fsp3) is 0.250. The lowest BCUT2D eigenvalue weighted by molar-refractivity contribution is -0.384. The molecule has 0 aliphatic heterocycles. The maximum absolute atomic E-state index is 10.9. The van der Waals surface area contributed by atoms with E-state index in [0.717, 1.165) is 0 Å². The Morgan fingerprint density at radius 3 is 2.24 bits per heavy atom. The number of nitro benzene ring substituents is 1. The first-order chi connectivity index (χ1) is 8.13. The molecule has 0 unspecified atom stereocenters. The summed E-state index contributed by atoms with van der Waals surface area (Å²) < 4.78 is 4.75. The molecule has 1 rings (SSSR count). The van der Waals surface area contributed by atoms with Gasteiger partial charge in [0.2, 0.25) is 0 Å². The van der Waals surface area contributed by atoms with Gasteiger partial charge in [-0.3, -0.25) is 10.1 Å². The van der Waals surface area contributed by atoms with Gasteiger partial charge >= 0.3 is 5.97 Å².